The van der Waals surface area contributed by atoms with Gasteiger partial charge in [-0.2, -0.15) is 0 Å². The fourth-order valence-corrected chi connectivity index (χ4v) is 1.54. The Bertz CT molecular complexity index is 331. The van der Waals surface area contributed by atoms with E-state index in [2.05, 4.69) is 10.3 Å². The third-order valence-corrected chi connectivity index (χ3v) is 2.38. The minimum Gasteiger partial charge on any atom is -0.383 e. The Balaban J connectivity index is 2.20. The summed E-state index contributed by atoms with van der Waals surface area (Å²) in [6.45, 7) is 1.27. The number of methoxy groups -OCH3 is 1. The normalized spacial score (nSPS) is 15.8. The maximum Gasteiger partial charge on any atom is 0.172 e. The molecule has 0 N–H and O–H groups in total. The highest BCUT2D eigenvalue weighted by atomic mass is 16.5. The topological polar surface area (TPSA) is 57.0 Å². The smallest absolute Gasteiger partial charge is 0.172 e. The van der Waals surface area contributed by atoms with Crippen LogP contribution in [0.5, 0.6) is 0 Å². The molecule has 1 heterocycles. The fraction of sp³-hybridized carbons (Fsp3) is 0.667. The first-order valence-electron chi connectivity index (χ1n) is 4.74. The summed E-state index contributed by atoms with van der Waals surface area (Å²) in [5.74, 6) is 0.488. The molecule has 14 heavy (non-hydrogen) atoms. The van der Waals surface area contributed by atoms with Gasteiger partial charge in [0.1, 0.15) is 5.69 Å². The van der Waals surface area contributed by atoms with E-state index in [1.807, 2.05) is 0 Å². The van der Waals surface area contributed by atoms with Gasteiger partial charge in [-0.3, -0.25) is 4.79 Å². The van der Waals surface area contributed by atoms with Crippen LogP contribution in [0, 0.1) is 0 Å². The molecule has 0 saturated heterocycles. The zero-order valence-corrected chi connectivity index (χ0v) is 8.14. The molecule has 1 aromatic heterocycles. The molecule has 0 aliphatic heterocycles. The molecule has 0 atom stereocenters. The van der Waals surface area contributed by atoms with Crippen LogP contribution in [0.25, 0.3) is 0 Å². The molecule has 0 amide bonds. The van der Waals surface area contributed by atoms with Crippen LogP contribution in [0.4, 0.5) is 0 Å². The van der Waals surface area contributed by atoms with Gasteiger partial charge in [0, 0.05) is 13.0 Å². The molecule has 5 nitrogen and oxygen atoms in total. The highest BCUT2D eigenvalue weighted by Crippen LogP contribution is 2.40. The summed E-state index contributed by atoms with van der Waals surface area (Å²) in [5, 5.41) is 7.78. The minimum atomic E-state index is 0.488. The standard InChI is InChI=1S/C9H13N3O2/c1-14-5-4-12-9(7-2-3-7)8(6-13)10-11-12/h6-7H,2-5H2,1H3. The predicted octanol–water partition coefficient (Wildman–Crippen LogP) is 0.614. The first-order chi connectivity index (χ1) is 6.86. The van der Waals surface area contributed by atoms with E-state index in [4.69, 9.17) is 4.74 Å². The van der Waals surface area contributed by atoms with Crippen LogP contribution < -0.4 is 0 Å². The molecular formula is C9H13N3O2. The van der Waals surface area contributed by atoms with Crippen molar-refractivity contribution in [3.63, 3.8) is 0 Å². The second kappa shape index (κ2) is 3.88. The molecular weight excluding hydrogens is 182 g/mol. The van der Waals surface area contributed by atoms with E-state index in [1.54, 1.807) is 11.8 Å². The molecule has 76 valence electrons. The van der Waals surface area contributed by atoms with Crippen LogP contribution in [-0.2, 0) is 11.3 Å². The van der Waals surface area contributed by atoms with Gasteiger partial charge in [0.25, 0.3) is 0 Å². The molecule has 0 bridgehead atoms. The zero-order valence-electron chi connectivity index (χ0n) is 8.14. The van der Waals surface area contributed by atoms with Crippen LogP contribution in [-0.4, -0.2) is 35.0 Å². The second-order valence-corrected chi connectivity index (χ2v) is 3.47. The predicted molar refractivity (Wildman–Crippen MR) is 49.3 cm³/mol. The van der Waals surface area contributed by atoms with Gasteiger partial charge in [0.2, 0.25) is 0 Å². The highest BCUT2D eigenvalue weighted by Gasteiger charge is 2.30. The number of carbonyl (C=O) groups excluding carboxylic acids is 1. The van der Waals surface area contributed by atoms with Crippen molar-refractivity contribution < 1.29 is 9.53 Å². The largest absolute Gasteiger partial charge is 0.383 e. The highest BCUT2D eigenvalue weighted by molar-refractivity contribution is 5.73. The number of aldehydes is 1. The summed E-state index contributed by atoms with van der Waals surface area (Å²) in [5.41, 5.74) is 1.47. The van der Waals surface area contributed by atoms with Crippen LogP contribution >= 0.6 is 0 Å². The van der Waals surface area contributed by atoms with E-state index in [-0.39, 0.29) is 0 Å². The molecule has 1 fully saturated rings. The lowest BCUT2D eigenvalue weighted by Gasteiger charge is -2.03. The second-order valence-electron chi connectivity index (χ2n) is 3.47. The van der Waals surface area contributed by atoms with Crippen molar-refractivity contribution in [3.8, 4) is 0 Å². The molecule has 0 radical (unpaired) electrons. The van der Waals surface area contributed by atoms with Crippen molar-refractivity contribution in [2.24, 2.45) is 0 Å². The van der Waals surface area contributed by atoms with Crippen molar-refractivity contribution in [2.75, 3.05) is 13.7 Å². The molecule has 5 heteroatoms. The summed E-state index contributed by atoms with van der Waals surface area (Å²) >= 11 is 0. The number of rotatable bonds is 5. The molecule has 1 aliphatic carbocycles. The average molecular weight is 195 g/mol. The van der Waals surface area contributed by atoms with Gasteiger partial charge in [-0.05, 0) is 12.8 Å². The van der Waals surface area contributed by atoms with Crippen LogP contribution in [0.15, 0.2) is 0 Å². The van der Waals surface area contributed by atoms with Gasteiger partial charge in [-0.25, -0.2) is 4.68 Å². The molecule has 2 rings (SSSR count). The summed E-state index contributed by atoms with van der Waals surface area (Å²) in [7, 11) is 1.65. The van der Waals surface area contributed by atoms with Crippen molar-refractivity contribution in [2.45, 2.75) is 25.3 Å². The molecule has 0 aromatic carbocycles. The van der Waals surface area contributed by atoms with E-state index in [0.717, 1.165) is 24.8 Å². The first-order valence-corrected chi connectivity index (χ1v) is 4.74. The number of hydrogen-bond donors (Lipinski definition) is 0. The maximum absolute atomic E-state index is 10.7. The summed E-state index contributed by atoms with van der Waals surface area (Å²) in [6.07, 6.45) is 3.06. The maximum atomic E-state index is 10.7. The summed E-state index contributed by atoms with van der Waals surface area (Å²) in [6, 6.07) is 0. The quantitative estimate of drug-likeness (QED) is 0.646. The van der Waals surface area contributed by atoms with Crippen molar-refractivity contribution in [1.29, 1.82) is 0 Å². The Kier molecular flexibility index (Phi) is 2.58. The van der Waals surface area contributed by atoms with E-state index in [0.29, 0.717) is 24.8 Å². The van der Waals surface area contributed by atoms with Gasteiger partial charge in [-0.15, -0.1) is 5.10 Å². The van der Waals surface area contributed by atoms with E-state index in [1.165, 1.54) is 0 Å². The van der Waals surface area contributed by atoms with Crippen LogP contribution in [0.3, 0.4) is 0 Å². The van der Waals surface area contributed by atoms with Crippen molar-refractivity contribution >= 4 is 6.29 Å². The lowest BCUT2D eigenvalue weighted by molar-refractivity contribution is 0.111. The molecule has 1 aromatic rings. The number of aromatic nitrogens is 3. The third kappa shape index (κ3) is 1.68. The number of nitrogens with zero attached hydrogens (tertiary/aromatic N) is 3. The Hall–Kier alpha value is -1.23. The Morgan fingerprint density at radius 1 is 1.64 bits per heavy atom. The van der Waals surface area contributed by atoms with Gasteiger partial charge >= 0.3 is 0 Å². The third-order valence-electron chi connectivity index (χ3n) is 2.38. The van der Waals surface area contributed by atoms with E-state index in [9.17, 15) is 4.79 Å². The number of carbonyl (C=O) groups is 1. The Morgan fingerprint density at radius 2 is 2.43 bits per heavy atom. The Labute approximate surface area is 82.1 Å². The van der Waals surface area contributed by atoms with Crippen molar-refractivity contribution in [1.82, 2.24) is 15.0 Å². The van der Waals surface area contributed by atoms with Crippen molar-refractivity contribution in [3.05, 3.63) is 11.4 Å². The minimum absolute atomic E-state index is 0.488. The monoisotopic (exact) mass is 195 g/mol. The van der Waals surface area contributed by atoms with Gasteiger partial charge in [0.05, 0.1) is 18.8 Å². The lowest BCUT2D eigenvalue weighted by atomic mass is 10.2. The number of ether oxygens (including phenoxy) is 1. The molecule has 1 aliphatic rings. The van der Waals surface area contributed by atoms with E-state index < -0.39 is 0 Å². The zero-order chi connectivity index (χ0) is 9.97. The van der Waals surface area contributed by atoms with Crippen LogP contribution in [0.1, 0.15) is 34.9 Å². The molecule has 1 saturated carbocycles. The molecule has 0 unspecified atom stereocenters. The SMILES string of the molecule is COCCn1nnc(C=O)c1C1CC1. The van der Waals surface area contributed by atoms with Gasteiger partial charge in [0.15, 0.2) is 6.29 Å². The van der Waals surface area contributed by atoms with Gasteiger partial charge < -0.3 is 4.74 Å². The van der Waals surface area contributed by atoms with Gasteiger partial charge in [-0.1, -0.05) is 5.21 Å². The first kappa shape index (κ1) is 9.33. The Morgan fingerprint density at radius 3 is 3.00 bits per heavy atom. The number of hydrogen-bond acceptors (Lipinski definition) is 4. The van der Waals surface area contributed by atoms with Crippen LogP contribution in [0.2, 0.25) is 0 Å². The average Bonchev–Trinajstić information content (AvgIpc) is 2.96. The van der Waals surface area contributed by atoms with E-state index >= 15 is 0 Å². The fourth-order valence-electron chi connectivity index (χ4n) is 1.54. The molecule has 0 spiro atoms. The summed E-state index contributed by atoms with van der Waals surface area (Å²) in [4.78, 5) is 10.7. The lowest BCUT2D eigenvalue weighted by Crippen LogP contribution is -2.09. The summed E-state index contributed by atoms with van der Waals surface area (Å²) < 4.78 is 6.75.